The van der Waals surface area contributed by atoms with Gasteiger partial charge >= 0.3 is 0 Å². The number of aromatic nitrogens is 2. The van der Waals surface area contributed by atoms with Crippen molar-refractivity contribution in [1.82, 2.24) is 9.78 Å². The van der Waals surface area contributed by atoms with E-state index >= 15 is 0 Å². The highest BCUT2D eigenvalue weighted by Gasteiger charge is 2.24. The molecule has 0 saturated heterocycles. The minimum Gasteiger partial charge on any atom is -0.495 e. The van der Waals surface area contributed by atoms with Crippen LogP contribution in [0, 0.1) is 0 Å². The Bertz CT molecular complexity index is 669. The van der Waals surface area contributed by atoms with Crippen molar-refractivity contribution >= 4 is 21.7 Å². The summed E-state index contributed by atoms with van der Waals surface area (Å²) in [6.07, 6.45) is 1.70. The van der Waals surface area contributed by atoms with Crippen LogP contribution >= 0.6 is 15.9 Å². The van der Waals surface area contributed by atoms with E-state index in [0.717, 1.165) is 15.6 Å². The molecular weight excluding hydrogens is 326 g/mol. The fourth-order valence-corrected chi connectivity index (χ4v) is 2.87. The van der Waals surface area contributed by atoms with E-state index in [1.807, 2.05) is 6.07 Å². The summed E-state index contributed by atoms with van der Waals surface area (Å²) in [5.74, 6) is 2.53. The summed E-state index contributed by atoms with van der Waals surface area (Å²) in [5, 5.41) is 4.16. The van der Waals surface area contributed by atoms with E-state index < -0.39 is 0 Å². The normalized spacial score (nSPS) is 13.3. The second-order valence-electron chi connectivity index (χ2n) is 4.36. The topological polar surface area (TPSA) is 71.5 Å². The SMILES string of the molecule is COc1c(-c2cnn(C)c2N)cc2c(c1Br)OCCO2. The average Bonchev–Trinajstić information content (AvgIpc) is 2.79. The Kier molecular flexibility index (Phi) is 3.21. The van der Waals surface area contributed by atoms with Crippen LogP contribution in [0.25, 0.3) is 11.1 Å². The summed E-state index contributed by atoms with van der Waals surface area (Å²) in [7, 11) is 3.39. The smallest absolute Gasteiger partial charge is 0.179 e. The summed E-state index contributed by atoms with van der Waals surface area (Å²) in [6.45, 7) is 1.04. The molecular formula is C13H14BrN3O3. The van der Waals surface area contributed by atoms with Crippen LogP contribution in [0.4, 0.5) is 5.82 Å². The number of anilines is 1. The highest BCUT2D eigenvalue weighted by Crippen LogP contribution is 2.49. The lowest BCUT2D eigenvalue weighted by Gasteiger charge is -2.22. The van der Waals surface area contributed by atoms with Gasteiger partial charge in [0.05, 0.1) is 13.3 Å². The zero-order valence-electron chi connectivity index (χ0n) is 11.1. The van der Waals surface area contributed by atoms with Crippen molar-refractivity contribution < 1.29 is 14.2 Å². The first-order chi connectivity index (χ1) is 9.63. The van der Waals surface area contributed by atoms with Crippen LogP contribution in [0.15, 0.2) is 16.7 Å². The van der Waals surface area contributed by atoms with Crippen LogP contribution in [-0.2, 0) is 7.05 Å². The maximum absolute atomic E-state index is 6.04. The highest BCUT2D eigenvalue weighted by atomic mass is 79.9. The van der Waals surface area contributed by atoms with Crippen LogP contribution in [0.5, 0.6) is 17.2 Å². The summed E-state index contributed by atoms with van der Waals surface area (Å²) >= 11 is 3.51. The minimum absolute atomic E-state index is 0.517. The fraction of sp³-hybridized carbons (Fsp3) is 0.308. The first-order valence-corrected chi connectivity index (χ1v) is 6.86. The number of benzene rings is 1. The Morgan fingerprint density at radius 3 is 2.75 bits per heavy atom. The molecule has 0 amide bonds. The summed E-state index contributed by atoms with van der Waals surface area (Å²) < 4.78 is 19.1. The molecule has 20 heavy (non-hydrogen) atoms. The number of nitrogens with zero attached hydrogens (tertiary/aromatic N) is 2. The molecule has 6 nitrogen and oxygen atoms in total. The van der Waals surface area contributed by atoms with E-state index in [9.17, 15) is 0 Å². The van der Waals surface area contributed by atoms with Gasteiger partial charge in [0, 0.05) is 18.2 Å². The van der Waals surface area contributed by atoms with Crippen molar-refractivity contribution in [2.24, 2.45) is 7.05 Å². The van der Waals surface area contributed by atoms with Gasteiger partial charge in [0.2, 0.25) is 0 Å². The number of rotatable bonds is 2. The van der Waals surface area contributed by atoms with Crippen LogP contribution < -0.4 is 19.9 Å². The molecule has 1 aromatic heterocycles. The van der Waals surface area contributed by atoms with E-state index in [1.54, 1.807) is 25.0 Å². The lowest BCUT2D eigenvalue weighted by Crippen LogP contribution is -2.16. The van der Waals surface area contributed by atoms with Gasteiger partial charge in [0.1, 0.15) is 29.3 Å². The summed E-state index contributed by atoms with van der Waals surface area (Å²) in [5.41, 5.74) is 7.65. The molecule has 2 N–H and O–H groups in total. The van der Waals surface area contributed by atoms with Gasteiger partial charge in [-0.2, -0.15) is 5.10 Å². The van der Waals surface area contributed by atoms with Crippen LogP contribution in [0.2, 0.25) is 0 Å². The molecule has 1 aliphatic rings. The van der Waals surface area contributed by atoms with E-state index in [4.69, 9.17) is 19.9 Å². The molecule has 0 bridgehead atoms. The molecule has 0 saturated carbocycles. The van der Waals surface area contributed by atoms with Gasteiger partial charge in [-0.3, -0.25) is 4.68 Å². The van der Waals surface area contributed by atoms with Gasteiger partial charge in [-0.15, -0.1) is 0 Å². The summed E-state index contributed by atoms with van der Waals surface area (Å²) in [6, 6.07) is 1.87. The van der Waals surface area contributed by atoms with E-state index in [-0.39, 0.29) is 0 Å². The number of nitrogen functional groups attached to an aromatic ring is 1. The number of halogens is 1. The molecule has 0 aliphatic carbocycles. The second kappa shape index (κ2) is 4.90. The maximum Gasteiger partial charge on any atom is 0.179 e. The number of fused-ring (bicyclic) bond motifs is 1. The zero-order chi connectivity index (χ0) is 14.3. The fourth-order valence-electron chi connectivity index (χ4n) is 2.18. The highest BCUT2D eigenvalue weighted by molar-refractivity contribution is 9.10. The molecule has 2 heterocycles. The maximum atomic E-state index is 6.04. The molecule has 7 heteroatoms. The average molecular weight is 340 g/mol. The standard InChI is InChI=1S/C13H14BrN3O3/c1-17-13(15)8(6-16-17)7-5-9-12(20-4-3-19-9)10(14)11(7)18-2/h5-6H,3-4,15H2,1-2H3. The Morgan fingerprint density at radius 1 is 1.35 bits per heavy atom. The largest absolute Gasteiger partial charge is 0.495 e. The van der Waals surface area contributed by atoms with Gasteiger partial charge < -0.3 is 19.9 Å². The lowest BCUT2D eigenvalue weighted by atomic mass is 10.1. The van der Waals surface area contributed by atoms with Crippen molar-refractivity contribution in [3.63, 3.8) is 0 Å². The van der Waals surface area contributed by atoms with Crippen molar-refractivity contribution in [3.05, 3.63) is 16.7 Å². The van der Waals surface area contributed by atoms with Gasteiger partial charge in [0.15, 0.2) is 11.5 Å². The van der Waals surface area contributed by atoms with Crippen molar-refractivity contribution in [1.29, 1.82) is 0 Å². The van der Waals surface area contributed by atoms with Crippen molar-refractivity contribution in [3.8, 4) is 28.4 Å². The second-order valence-corrected chi connectivity index (χ2v) is 5.16. The van der Waals surface area contributed by atoms with Gasteiger partial charge in [-0.25, -0.2) is 0 Å². The van der Waals surface area contributed by atoms with Crippen LogP contribution in [0.3, 0.4) is 0 Å². The Morgan fingerprint density at radius 2 is 2.10 bits per heavy atom. The molecule has 0 unspecified atom stereocenters. The number of ether oxygens (including phenoxy) is 3. The quantitative estimate of drug-likeness (QED) is 0.908. The third-order valence-electron chi connectivity index (χ3n) is 3.21. The minimum atomic E-state index is 0.517. The Balaban J connectivity index is 2.25. The van der Waals surface area contributed by atoms with E-state index in [1.165, 1.54) is 0 Å². The first-order valence-electron chi connectivity index (χ1n) is 6.07. The lowest BCUT2D eigenvalue weighted by molar-refractivity contribution is 0.169. The molecule has 3 rings (SSSR count). The number of methoxy groups -OCH3 is 1. The molecule has 0 spiro atoms. The van der Waals surface area contributed by atoms with Gasteiger partial charge in [-0.1, -0.05) is 0 Å². The van der Waals surface area contributed by atoms with Gasteiger partial charge in [0.25, 0.3) is 0 Å². The van der Waals surface area contributed by atoms with Crippen LogP contribution in [-0.4, -0.2) is 30.1 Å². The van der Waals surface area contributed by atoms with Crippen molar-refractivity contribution in [2.75, 3.05) is 26.1 Å². The van der Waals surface area contributed by atoms with E-state index in [2.05, 4.69) is 21.0 Å². The molecule has 1 aromatic carbocycles. The third kappa shape index (κ3) is 1.89. The molecule has 0 fully saturated rings. The predicted molar refractivity (Wildman–Crippen MR) is 78.3 cm³/mol. The number of hydrogen-bond acceptors (Lipinski definition) is 5. The number of aryl methyl sites for hydroxylation is 1. The molecule has 106 valence electrons. The molecule has 2 aromatic rings. The number of hydrogen-bond donors (Lipinski definition) is 1. The molecule has 0 radical (unpaired) electrons. The number of nitrogens with two attached hydrogens (primary N) is 1. The summed E-state index contributed by atoms with van der Waals surface area (Å²) in [4.78, 5) is 0. The van der Waals surface area contributed by atoms with Gasteiger partial charge in [-0.05, 0) is 22.0 Å². The van der Waals surface area contributed by atoms with Crippen molar-refractivity contribution in [2.45, 2.75) is 0 Å². The molecule has 0 atom stereocenters. The third-order valence-corrected chi connectivity index (χ3v) is 3.93. The Labute approximate surface area is 124 Å². The van der Waals surface area contributed by atoms with E-state index in [0.29, 0.717) is 36.3 Å². The monoisotopic (exact) mass is 339 g/mol. The predicted octanol–water partition coefficient (Wildman–Crippen LogP) is 2.21. The molecule has 1 aliphatic heterocycles. The van der Waals surface area contributed by atoms with Crippen LogP contribution in [0.1, 0.15) is 0 Å². The zero-order valence-corrected chi connectivity index (χ0v) is 12.7. The first kappa shape index (κ1) is 13.1. The Hall–Kier alpha value is -1.89.